The molecule has 9 heavy (non-hydrogen) atoms. The molecule has 0 heterocycles. The van der Waals surface area contributed by atoms with Crippen molar-refractivity contribution in [3.63, 3.8) is 0 Å². The van der Waals surface area contributed by atoms with Crippen molar-refractivity contribution >= 4 is 0 Å². The molecule has 0 aromatic carbocycles. The summed E-state index contributed by atoms with van der Waals surface area (Å²) in [4.78, 5) is 0. The molecule has 2 rings (SSSR count). The van der Waals surface area contributed by atoms with Crippen LogP contribution in [0.5, 0.6) is 0 Å². The van der Waals surface area contributed by atoms with Gasteiger partial charge in [0, 0.05) is 5.92 Å². The molecule has 1 radical (unpaired) electrons. The van der Waals surface area contributed by atoms with Crippen LogP contribution >= 0.6 is 0 Å². The largest absolute Gasteiger partial charge is 0.0836 e. The van der Waals surface area contributed by atoms with E-state index in [0.717, 1.165) is 5.92 Å². The minimum absolute atomic E-state index is 0.964. The lowest BCUT2D eigenvalue weighted by atomic mass is 9.96. The monoisotopic (exact) mass is 119 g/mol. The summed E-state index contributed by atoms with van der Waals surface area (Å²) in [6, 6.07) is 0. The lowest BCUT2D eigenvalue weighted by molar-refractivity contribution is 0.838. The van der Waals surface area contributed by atoms with Crippen LogP contribution in [0, 0.1) is 11.8 Å². The van der Waals surface area contributed by atoms with Crippen LogP contribution in [0.15, 0.2) is 24.3 Å². The Hall–Kier alpha value is -0.520. The molecule has 47 valence electrons. The Morgan fingerprint density at radius 1 is 1.22 bits per heavy atom. The molecule has 0 aromatic heterocycles. The van der Waals surface area contributed by atoms with Crippen molar-refractivity contribution in [2.45, 2.75) is 19.3 Å². The third kappa shape index (κ3) is 1.07. The molecule has 0 N–H and O–H groups in total. The van der Waals surface area contributed by atoms with Crippen LogP contribution < -0.4 is 0 Å². The van der Waals surface area contributed by atoms with Gasteiger partial charge >= 0.3 is 0 Å². The van der Waals surface area contributed by atoms with Gasteiger partial charge in [-0.3, -0.25) is 0 Å². The third-order valence-corrected chi connectivity index (χ3v) is 2.01. The van der Waals surface area contributed by atoms with Crippen LogP contribution in [0.4, 0.5) is 0 Å². The first-order chi connectivity index (χ1) is 4.47. The molecule has 2 aliphatic rings. The average molecular weight is 119 g/mol. The van der Waals surface area contributed by atoms with E-state index < -0.39 is 0 Å². The molecule has 2 aliphatic carbocycles. The Bertz CT molecular complexity index is 149. The van der Waals surface area contributed by atoms with E-state index in [-0.39, 0.29) is 0 Å². The molecule has 1 saturated carbocycles. The van der Waals surface area contributed by atoms with Gasteiger partial charge in [-0.2, -0.15) is 0 Å². The van der Waals surface area contributed by atoms with E-state index in [4.69, 9.17) is 0 Å². The number of allylic oxidation sites excluding steroid dienone is 4. The van der Waals surface area contributed by atoms with E-state index in [9.17, 15) is 0 Å². The van der Waals surface area contributed by atoms with Gasteiger partial charge in [0.2, 0.25) is 0 Å². The van der Waals surface area contributed by atoms with Gasteiger partial charge in [-0.1, -0.05) is 24.3 Å². The fourth-order valence-electron chi connectivity index (χ4n) is 1.29. The zero-order valence-electron chi connectivity index (χ0n) is 5.51. The van der Waals surface area contributed by atoms with Crippen molar-refractivity contribution in [1.82, 2.24) is 0 Å². The van der Waals surface area contributed by atoms with Crippen molar-refractivity contribution < 1.29 is 0 Å². The minimum Gasteiger partial charge on any atom is -0.0836 e. The normalized spacial score (nSPS) is 27.1. The second-order valence-electron chi connectivity index (χ2n) is 2.84. The zero-order chi connectivity index (χ0) is 6.10. The SMILES string of the molecule is C1=CC[C](C2CC2)C=C1. The Balaban J connectivity index is 1.98. The van der Waals surface area contributed by atoms with E-state index in [0.29, 0.717) is 0 Å². The molecule has 0 amide bonds. The van der Waals surface area contributed by atoms with Crippen LogP contribution in [-0.2, 0) is 0 Å². The third-order valence-electron chi connectivity index (χ3n) is 2.01. The summed E-state index contributed by atoms with van der Waals surface area (Å²) < 4.78 is 0. The van der Waals surface area contributed by atoms with Crippen LogP contribution in [0.25, 0.3) is 0 Å². The predicted octanol–water partition coefficient (Wildman–Crippen LogP) is 2.49. The van der Waals surface area contributed by atoms with Gasteiger partial charge in [-0.15, -0.1) is 0 Å². The van der Waals surface area contributed by atoms with Crippen LogP contribution in [0.3, 0.4) is 0 Å². The summed E-state index contributed by atoms with van der Waals surface area (Å²) in [7, 11) is 0. The minimum atomic E-state index is 0.964. The fraction of sp³-hybridized carbons (Fsp3) is 0.444. The summed E-state index contributed by atoms with van der Waals surface area (Å²) in [5.41, 5.74) is 0. The van der Waals surface area contributed by atoms with Gasteiger partial charge in [0.15, 0.2) is 0 Å². The molecule has 0 bridgehead atoms. The summed E-state index contributed by atoms with van der Waals surface area (Å²) in [6.45, 7) is 0. The van der Waals surface area contributed by atoms with Crippen molar-refractivity contribution in [2.24, 2.45) is 5.92 Å². The van der Waals surface area contributed by atoms with Gasteiger partial charge in [0.25, 0.3) is 0 Å². The second-order valence-corrected chi connectivity index (χ2v) is 2.84. The molecule has 1 fully saturated rings. The first kappa shape index (κ1) is 5.28. The van der Waals surface area contributed by atoms with Crippen molar-refractivity contribution in [1.29, 1.82) is 0 Å². The Morgan fingerprint density at radius 2 is 2.11 bits per heavy atom. The summed E-state index contributed by atoms with van der Waals surface area (Å²) in [5, 5.41) is 0. The molecule has 0 aliphatic heterocycles. The van der Waals surface area contributed by atoms with Crippen molar-refractivity contribution in [3.8, 4) is 0 Å². The smallest absolute Gasteiger partial charge is 0.00443 e. The van der Waals surface area contributed by atoms with Crippen LogP contribution in [-0.4, -0.2) is 0 Å². The highest BCUT2D eigenvalue weighted by molar-refractivity contribution is 5.27. The van der Waals surface area contributed by atoms with Gasteiger partial charge < -0.3 is 0 Å². The van der Waals surface area contributed by atoms with Crippen molar-refractivity contribution in [2.75, 3.05) is 0 Å². The van der Waals surface area contributed by atoms with E-state index in [2.05, 4.69) is 24.3 Å². The van der Waals surface area contributed by atoms with Gasteiger partial charge in [-0.25, -0.2) is 0 Å². The Kier molecular flexibility index (Phi) is 1.18. The van der Waals surface area contributed by atoms with Gasteiger partial charge in [-0.05, 0) is 25.2 Å². The molecule has 0 atom stereocenters. The Labute approximate surface area is 56.3 Å². The predicted molar refractivity (Wildman–Crippen MR) is 38.9 cm³/mol. The second kappa shape index (κ2) is 2.02. The number of hydrogen-bond donors (Lipinski definition) is 0. The maximum atomic E-state index is 2.28. The van der Waals surface area contributed by atoms with E-state index in [1.54, 1.807) is 5.92 Å². The van der Waals surface area contributed by atoms with Crippen LogP contribution in [0.2, 0.25) is 0 Å². The first-order valence-electron chi connectivity index (χ1n) is 3.66. The fourth-order valence-corrected chi connectivity index (χ4v) is 1.29. The highest BCUT2D eigenvalue weighted by atomic mass is 14.3. The average Bonchev–Trinajstić information content (AvgIpc) is 2.71. The summed E-state index contributed by atoms with van der Waals surface area (Å²) in [5.74, 6) is 2.61. The molecule has 0 heteroatoms. The van der Waals surface area contributed by atoms with E-state index in [1.807, 2.05) is 0 Å². The molecule has 0 unspecified atom stereocenters. The lowest BCUT2D eigenvalue weighted by Crippen LogP contribution is -1.95. The lowest BCUT2D eigenvalue weighted by Gasteiger charge is -2.08. The summed E-state index contributed by atoms with van der Waals surface area (Å²) in [6.07, 6.45) is 12.9. The molecule has 0 saturated heterocycles. The zero-order valence-corrected chi connectivity index (χ0v) is 5.51. The molecular formula is C9H11. The first-order valence-corrected chi connectivity index (χ1v) is 3.66. The summed E-state index contributed by atoms with van der Waals surface area (Å²) >= 11 is 0. The van der Waals surface area contributed by atoms with Gasteiger partial charge in [0.1, 0.15) is 0 Å². The van der Waals surface area contributed by atoms with Crippen molar-refractivity contribution in [3.05, 3.63) is 30.2 Å². The molecule has 0 spiro atoms. The molecule has 0 aromatic rings. The maximum absolute atomic E-state index is 2.28. The topological polar surface area (TPSA) is 0 Å². The highest BCUT2D eigenvalue weighted by Gasteiger charge is 2.29. The quantitative estimate of drug-likeness (QED) is 0.497. The van der Waals surface area contributed by atoms with E-state index in [1.165, 1.54) is 19.3 Å². The number of hydrogen-bond acceptors (Lipinski definition) is 0. The standard InChI is InChI=1S/C9H11/c1-2-4-8(5-3-1)9-6-7-9/h1-4,9H,5-7H2. The Morgan fingerprint density at radius 3 is 2.67 bits per heavy atom. The maximum Gasteiger partial charge on any atom is 0.00443 e. The highest BCUT2D eigenvalue weighted by Crippen LogP contribution is 2.41. The molecular weight excluding hydrogens is 108 g/mol. The van der Waals surface area contributed by atoms with E-state index >= 15 is 0 Å². The van der Waals surface area contributed by atoms with Gasteiger partial charge in [0.05, 0.1) is 0 Å². The number of rotatable bonds is 1. The van der Waals surface area contributed by atoms with Crippen LogP contribution in [0.1, 0.15) is 19.3 Å². The molecule has 0 nitrogen and oxygen atoms in total.